The number of carbonyl (C=O) groups excluding carboxylic acids is 1. The third-order valence-corrected chi connectivity index (χ3v) is 6.63. The van der Waals surface area contributed by atoms with Crippen molar-refractivity contribution in [3.8, 4) is 5.75 Å². The number of ether oxygens (including phenoxy) is 1. The number of aromatic nitrogens is 1. The maximum absolute atomic E-state index is 12.5. The second-order valence-corrected chi connectivity index (χ2v) is 8.54. The topological polar surface area (TPSA) is 105 Å². The molecule has 1 aromatic heterocycles. The van der Waals surface area contributed by atoms with E-state index < -0.39 is 10.0 Å². The van der Waals surface area contributed by atoms with Gasteiger partial charge in [-0.1, -0.05) is 17.3 Å². The van der Waals surface area contributed by atoms with Gasteiger partial charge in [0.2, 0.25) is 15.9 Å². The minimum atomic E-state index is -3.76. The van der Waals surface area contributed by atoms with Crippen molar-refractivity contribution in [1.82, 2.24) is 14.8 Å². The highest BCUT2D eigenvalue weighted by molar-refractivity contribution is 7.89. The fourth-order valence-corrected chi connectivity index (χ4v) is 4.83. The molecule has 1 aliphatic rings. The van der Waals surface area contributed by atoms with Gasteiger partial charge in [0, 0.05) is 39.1 Å². The zero-order valence-corrected chi connectivity index (χ0v) is 17.7. The summed E-state index contributed by atoms with van der Waals surface area (Å²) in [5.41, 5.74) is 1.31. The zero-order chi connectivity index (χ0) is 21.0. The van der Waals surface area contributed by atoms with Gasteiger partial charge in [-0.3, -0.25) is 4.79 Å². The van der Waals surface area contributed by atoms with Crippen LogP contribution < -0.4 is 14.4 Å². The van der Waals surface area contributed by atoms with Crippen LogP contribution in [0.25, 0.3) is 0 Å². The summed E-state index contributed by atoms with van der Waals surface area (Å²) in [4.78, 5) is 16.5. The Bertz CT molecular complexity index is 945. The van der Waals surface area contributed by atoms with Gasteiger partial charge in [0.15, 0.2) is 5.76 Å². The van der Waals surface area contributed by atoms with E-state index in [-0.39, 0.29) is 29.5 Å². The van der Waals surface area contributed by atoms with Crippen LogP contribution in [0.1, 0.15) is 17.9 Å². The molecule has 29 heavy (non-hydrogen) atoms. The molecule has 2 aromatic rings. The maximum Gasteiger partial charge on any atom is 0.245 e. The number of hydrogen-bond acceptors (Lipinski definition) is 7. The predicted octanol–water partition coefficient (Wildman–Crippen LogP) is 1.32. The normalized spacial score (nSPS) is 14.9. The molecule has 10 heteroatoms. The summed E-state index contributed by atoms with van der Waals surface area (Å²) in [6.45, 7) is 5.67. The second-order valence-electron chi connectivity index (χ2n) is 6.84. The molecular weight excluding hydrogens is 396 g/mol. The highest BCUT2D eigenvalue weighted by atomic mass is 32.2. The summed E-state index contributed by atoms with van der Waals surface area (Å²) in [6, 6.07) is 7.80. The molecule has 0 bridgehead atoms. The monoisotopic (exact) mass is 422 g/mol. The van der Waals surface area contributed by atoms with E-state index in [1.165, 1.54) is 0 Å². The van der Waals surface area contributed by atoms with Gasteiger partial charge < -0.3 is 19.1 Å². The lowest BCUT2D eigenvalue weighted by molar-refractivity contribution is -0.131. The van der Waals surface area contributed by atoms with Gasteiger partial charge in [0.25, 0.3) is 0 Å². The molecule has 0 spiro atoms. The Labute approximate surface area is 170 Å². The van der Waals surface area contributed by atoms with Crippen LogP contribution in [0.3, 0.4) is 0 Å². The number of hydrogen-bond donors (Lipinski definition) is 1. The van der Waals surface area contributed by atoms with Gasteiger partial charge in [-0.15, -0.1) is 0 Å². The largest absolute Gasteiger partial charge is 0.495 e. The van der Waals surface area contributed by atoms with Crippen molar-refractivity contribution in [3.63, 3.8) is 0 Å². The number of nitrogens with zero attached hydrogens (tertiary/aromatic N) is 3. The number of benzene rings is 1. The Kier molecular flexibility index (Phi) is 6.43. The molecule has 0 saturated carbocycles. The molecule has 0 atom stereocenters. The molecule has 1 amide bonds. The van der Waals surface area contributed by atoms with E-state index in [1.54, 1.807) is 25.9 Å². The Morgan fingerprint density at radius 1 is 1.21 bits per heavy atom. The van der Waals surface area contributed by atoms with Crippen LogP contribution >= 0.6 is 0 Å². The summed E-state index contributed by atoms with van der Waals surface area (Å²) >= 11 is 0. The van der Waals surface area contributed by atoms with Crippen molar-refractivity contribution in [2.24, 2.45) is 0 Å². The van der Waals surface area contributed by atoms with Crippen molar-refractivity contribution in [2.45, 2.75) is 25.2 Å². The molecule has 1 saturated heterocycles. The number of anilines is 1. The molecule has 0 aliphatic carbocycles. The van der Waals surface area contributed by atoms with Crippen molar-refractivity contribution in [1.29, 1.82) is 0 Å². The highest BCUT2D eigenvalue weighted by Gasteiger charge is 2.26. The van der Waals surface area contributed by atoms with Crippen LogP contribution in [0.2, 0.25) is 0 Å². The second kappa shape index (κ2) is 8.83. The number of aryl methyl sites for hydroxylation is 2. The Hall–Kier alpha value is -2.59. The third kappa shape index (κ3) is 4.70. The van der Waals surface area contributed by atoms with Crippen molar-refractivity contribution in [2.75, 3.05) is 44.7 Å². The average molecular weight is 423 g/mol. The maximum atomic E-state index is 12.5. The fraction of sp³-hybridized carbons (Fsp3) is 0.474. The van der Waals surface area contributed by atoms with Crippen molar-refractivity contribution < 1.29 is 22.5 Å². The van der Waals surface area contributed by atoms with Gasteiger partial charge in [-0.05, 0) is 26.0 Å². The summed E-state index contributed by atoms with van der Waals surface area (Å²) in [5.74, 6) is 0.959. The molecule has 1 N–H and O–H groups in total. The first kappa shape index (κ1) is 21.1. The lowest BCUT2D eigenvalue weighted by atomic mass is 10.2. The Morgan fingerprint density at radius 2 is 1.90 bits per heavy atom. The highest BCUT2D eigenvalue weighted by Crippen LogP contribution is 2.28. The first-order valence-electron chi connectivity index (χ1n) is 9.41. The predicted molar refractivity (Wildman–Crippen MR) is 108 cm³/mol. The SMILES string of the molecule is COc1ccccc1N1CCN(C(=O)CCNS(=O)(=O)c2c(C)noc2C)CC1. The number of carbonyl (C=O) groups is 1. The molecule has 2 heterocycles. The van der Waals surface area contributed by atoms with E-state index in [9.17, 15) is 13.2 Å². The van der Waals surface area contributed by atoms with Crippen LogP contribution in [0, 0.1) is 13.8 Å². The van der Waals surface area contributed by atoms with Gasteiger partial charge >= 0.3 is 0 Å². The Morgan fingerprint density at radius 3 is 2.52 bits per heavy atom. The van der Waals surface area contributed by atoms with Crippen LogP contribution in [0.4, 0.5) is 5.69 Å². The van der Waals surface area contributed by atoms with E-state index in [0.717, 1.165) is 11.4 Å². The van der Waals surface area contributed by atoms with Gasteiger partial charge in [-0.2, -0.15) is 0 Å². The summed E-state index contributed by atoms with van der Waals surface area (Å²) in [5, 5.41) is 3.66. The standard InChI is InChI=1S/C19H26N4O5S/c1-14-19(15(2)28-21-14)29(25,26)20-9-8-18(24)23-12-10-22(11-13-23)16-6-4-5-7-17(16)27-3/h4-7,20H,8-13H2,1-3H3. The van der Waals surface area contributed by atoms with E-state index >= 15 is 0 Å². The number of nitrogens with one attached hydrogen (secondary N) is 1. The summed E-state index contributed by atoms with van der Waals surface area (Å²) in [7, 11) is -2.12. The average Bonchev–Trinajstić information content (AvgIpc) is 3.06. The molecule has 0 unspecified atom stereocenters. The van der Waals surface area contributed by atoms with E-state index in [4.69, 9.17) is 9.26 Å². The van der Waals surface area contributed by atoms with Gasteiger partial charge in [0.05, 0.1) is 12.8 Å². The van der Waals surface area contributed by atoms with Crippen molar-refractivity contribution >= 4 is 21.6 Å². The van der Waals surface area contributed by atoms with Crippen molar-refractivity contribution in [3.05, 3.63) is 35.7 Å². The fourth-order valence-electron chi connectivity index (χ4n) is 3.47. The lowest BCUT2D eigenvalue weighted by Crippen LogP contribution is -2.49. The molecule has 1 fully saturated rings. The first-order valence-corrected chi connectivity index (χ1v) is 10.9. The van der Waals surface area contributed by atoms with E-state index in [0.29, 0.717) is 31.9 Å². The molecule has 158 valence electrons. The van der Waals surface area contributed by atoms with E-state index in [2.05, 4.69) is 14.8 Å². The van der Waals surface area contributed by atoms with Crippen LogP contribution in [0.5, 0.6) is 5.75 Å². The molecule has 1 aliphatic heterocycles. The molecule has 9 nitrogen and oxygen atoms in total. The number of sulfonamides is 1. The lowest BCUT2D eigenvalue weighted by Gasteiger charge is -2.36. The third-order valence-electron chi connectivity index (χ3n) is 4.93. The molecule has 3 rings (SSSR count). The molecule has 0 radical (unpaired) electrons. The molecule has 1 aromatic carbocycles. The Balaban J connectivity index is 1.50. The van der Waals surface area contributed by atoms with Crippen LogP contribution in [0.15, 0.2) is 33.7 Å². The number of rotatable bonds is 7. The zero-order valence-electron chi connectivity index (χ0n) is 16.8. The minimum Gasteiger partial charge on any atom is -0.495 e. The smallest absolute Gasteiger partial charge is 0.245 e. The van der Waals surface area contributed by atoms with E-state index in [1.807, 2.05) is 24.3 Å². The summed E-state index contributed by atoms with van der Waals surface area (Å²) < 4.78 is 37.6. The number of para-hydroxylation sites is 2. The quantitative estimate of drug-likeness (QED) is 0.717. The van der Waals surface area contributed by atoms with Gasteiger partial charge in [0.1, 0.15) is 16.3 Å². The number of methoxy groups -OCH3 is 1. The number of amides is 1. The summed E-state index contributed by atoms with van der Waals surface area (Å²) in [6.07, 6.45) is 0.0945. The number of piperazine rings is 1. The molecular formula is C19H26N4O5S. The van der Waals surface area contributed by atoms with Crippen LogP contribution in [-0.2, 0) is 14.8 Å². The van der Waals surface area contributed by atoms with Gasteiger partial charge in [-0.25, -0.2) is 13.1 Å². The minimum absolute atomic E-state index is 0.0257. The van der Waals surface area contributed by atoms with Crippen LogP contribution in [-0.4, -0.2) is 64.2 Å². The first-order chi connectivity index (χ1) is 13.8.